The van der Waals surface area contributed by atoms with Crippen LogP contribution in [0, 0.1) is 0 Å². The van der Waals surface area contributed by atoms with Crippen molar-refractivity contribution in [2.24, 2.45) is 0 Å². The molecule has 0 aliphatic carbocycles. The van der Waals surface area contributed by atoms with Crippen molar-refractivity contribution in [1.29, 1.82) is 0 Å². The SMILES string of the molecule is CCNC(c1ccc(Br)cc1OC)c1cccc(Cl)c1Cl. The Morgan fingerprint density at radius 3 is 2.62 bits per heavy atom. The van der Waals surface area contributed by atoms with E-state index in [0.29, 0.717) is 10.0 Å². The fourth-order valence-corrected chi connectivity index (χ4v) is 3.02. The Kier molecular flexibility index (Phi) is 5.94. The highest BCUT2D eigenvalue weighted by Crippen LogP contribution is 2.37. The van der Waals surface area contributed by atoms with Crippen molar-refractivity contribution in [2.75, 3.05) is 13.7 Å². The molecule has 0 aliphatic rings. The molecule has 5 heteroatoms. The highest BCUT2D eigenvalue weighted by Gasteiger charge is 2.21. The van der Waals surface area contributed by atoms with Gasteiger partial charge >= 0.3 is 0 Å². The molecular weight excluding hydrogens is 373 g/mol. The van der Waals surface area contributed by atoms with Crippen LogP contribution >= 0.6 is 39.1 Å². The Morgan fingerprint density at radius 2 is 1.95 bits per heavy atom. The maximum Gasteiger partial charge on any atom is 0.125 e. The lowest BCUT2D eigenvalue weighted by Gasteiger charge is -2.22. The lowest BCUT2D eigenvalue weighted by atomic mass is 9.97. The molecule has 0 fully saturated rings. The van der Waals surface area contributed by atoms with Crippen molar-refractivity contribution < 1.29 is 4.74 Å². The van der Waals surface area contributed by atoms with E-state index >= 15 is 0 Å². The molecule has 112 valence electrons. The van der Waals surface area contributed by atoms with Gasteiger partial charge in [-0.25, -0.2) is 0 Å². The largest absolute Gasteiger partial charge is 0.496 e. The van der Waals surface area contributed by atoms with Gasteiger partial charge in [0.15, 0.2) is 0 Å². The van der Waals surface area contributed by atoms with E-state index in [1.54, 1.807) is 13.2 Å². The van der Waals surface area contributed by atoms with Gasteiger partial charge in [0.25, 0.3) is 0 Å². The summed E-state index contributed by atoms with van der Waals surface area (Å²) in [7, 11) is 1.66. The number of benzene rings is 2. The van der Waals surface area contributed by atoms with E-state index in [4.69, 9.17) is 27.9 Å². The molecule has 0 radical (unpaired) electrons. The first kappa shape index (κ1) is 16.6. The van der Waals surface area contributed by atoms with Gasteiger partial charge in [-0.05, 0) is 30.3 Å². The molecule has 1 N–H and O–H groups in total. The van der Waals surface area contributed by atoms with Crippen LogP contribution in [0.25, 0.3) is 0 Å². The predicted octanol–water partition coefficient (Wildman–Crippen LogP) is 5.46. The average molecular weight is 389 g/mol. The second-order valence-electron chi connectivity index (χ2n) is 4.52. The van der Waals surface area contributed by atoms with Crippen molar-refractivity contribution in [2.45, 2.75) is 13.0 Å². The summed E-state index contributed by atoms with van der Waals surface area (Å²) in [6, 6.07) is 11.5. The Hall–Kier alpha value is -0.740. The van der Waals surface area contributed by atoms with Crippen LogP contribution in [-0.2, 0) is 0 Å². The molecule has 2 aromatic rings. The van der Waals surface area contributed by atoms with Gasteiger partial charge in [-0.3, -0.25) is 0 Å². The Morgan fingerprint density at radius 1 is 1.19 bits per heavy atom. The van der Waals surface area contributed by atoms with Crippen LogP contribution in [-0.4, -0.2) is 13.7 Å². The minimum Gasteiger partial charge on any atom is -0.496 e. The molecule has 1 atom stereocenters. The van der Waals surface area contributed by atoms with Gasteiger partial charge in [0.05, 0.1) is 23.2 Å². The van der Waals surface area contributed by atoms with Gasteiger partial charge in [-0.2, -0.15) is 0 Å². The van der Waals surface area contributed by atoms with Gasteiger partial charge in [-0.1, -0.05) is 64.3 Å². The van der Waals surface area contributed by atoms with E-state index in [9.17, 15) is 0 Å². The molecule has 0 saturated carbocycles. The molecule has 2 rings (SSSR count). The second-order valence-corrected chi connectivity index (χ2v) is 6.22. The zero-order valence-electron chi connectivity index (χ0n) is 11.8. The topological polar surface area (TPSA) is 21.3 Å². The number of methoxy groups -OCH3 is 1. The van der Waals surface area contributed by atoms with Gasteiger partial charge in [-0.15, -0.1) is 0 Å². The molecule has 0 aromatic heterocycles. The van der Waals surface area contributed by atoms with E-state index in [2.05, 4.69) is 28.2 Å². The van der Waals surface area contributed by atoms with Crippen LogP contribution in [0.5, 0.6) is 5.75 Å². The van der Waals surface area contributed by atoms with E-state index in [1.807, 2.05) is 30.3 Å². The first-order valence-electron chi connectivity index (χ1n) is 6.59. The van der Waals surface area contributed by atoms with Gasteiger partial charge in [0.1, 0.15) is 5.75 Å². The van der Waals surface area contributed by atoms with Crippen molar-refractivity contribution in [3.8, 4) is 5.75 Å². The zero-order chi connectivity index (χ0) is 15.4. The van der Waals surface area contributed by atoms with Crippen molar-refractivity contribution in [1.82, 2.24) is 5.32 Å². The normalized spacial score (nSPS) is 12.2. The maximum atomic E-state index is 6.38. The van der Waals surface area contributed by atoms with Crippen molar-refractivity contribution in [3.63, 3.8) is 0 Å². The second kappa shape index (κ2) is 7.50. The van der Waals surface area contributed by atoms with E-state index in [-0.39, 0.29) is 6.04 Å². The molecule has 0 heterocycles. The summed E-state index contributed by atoms with van der Waals surface area (Å²) in [4.78, 5) is 0. The third-order valence-electron chi connectivity index (χ3n) is 3.21. The number of rotatable bonds is 5. The minimum atomic E-state index is -0.0794. The molecule has 0 aliphatic heterocycles. The fraction of sp³-hybridized carbons (Fsp3) is 0.250. The van der Waals surface area contributed by atoms with Gasteiger partial charge in [0, 0.05) is 10.0 Å². The van der Waals surface area contributed by atoms with Crippen LogP contribution in [0.15, 0.2) is 40.9 Å². The number of ether oxygens (including phenoxy) is 1. The summed E-state index contributed by atoms with van der Waals surface area (Å²) in [5, 5.41) is 4.55. The zero-order valence-corrected chi connectivity index (χ0v) is 14.9. The summed E-state index contributed by atoms with van der Waals surface area (Å²) in [6.45, 7) is 2.85. The Bertz CT molecular complexity index is 634. The van der Waals surface area contributed by atoms with Crippen LogP contribution in [0.1, 0.15) is 24.1 Å². The highest BCUT2D eigenvalue weighted by atomic mass is 79.9. The van der Waals surface area contributed by atoms with Crippen LogP contribution in [0.4, 0.5) is 0 Å². The first-order valence-corrected chi connectivity index (χ1v) is 8.14. The molecule has 1 unspecified atom stereocenters. The van der Waals surface area contributed by atoms with E-state index in [0.717, 1.165) is 27.9 Å². The summed E-state index contributed by atoms with van der Waals surface area (Å²) in [5.41, 5.74) is 1.96. The number of hydrogen-bond acceptors (Lipinski definition) is 2. The lowest BCUT2D eigenvalue weighted by molar-refractivity contribution is 0.404. The number of hydrogen-bond donors (Lipinski definition) is 1. The quantitative estimate of drug-likeness (QED) is 0.733. The van der Waals surface area contributed by atoms with Crippen molar-refractivity contribution >= 4 is 39.1 Å². The fourth-order valence-electron chi connectivity index (χ4n) is 2.26. The third-order valence-corrected chi connectivity index (χ3v) is 4.53. The minimum absolute atomic E-state index is 0.0794. The highest BCUT2D eigenvalue weighted by molar-refractivity contribution is 9.10. The summed E-state index contributed by atoms with van der Waals surface area (Å²) in [6.07, 6.45) is 0. The Balaban J connectivity index is 2.56. The van der Waals surface area contributed by atoms with Crippen LogP contribution in [0.3, 0.4) is 0 Å². The molecule has 21 heavy (non-hydrogen) atoms. The van der Waals surface area contributed by atoms with Gasteiger partial charge < -0.3 is 10.1 Å². The van der Waals surface area contributed by atoms with Crippen LogP contribution < -0.4 is 10.1 Å². The molecule has 2 nitrogen and oxygen atoms in total. The maximum absolute atomic E-state index is 6.38. The molecule has 0 amide bonds. The van der Waals surface area contributed by atoms with Gasteiger partial charge in [0.2, 0.25) is 0 Å². The monoisotopic (exact) mass is 387 g/mol. The summed E-state index contributed by atoms with van der Waals surface area (Å²) in [5.74, 6) is 0.798. The van der Waals surface area contributed by atoms with Crippen molar-refractivity contribution in [3.05, 3.63) is 62.0 Å². The predicted molar refractivity (Wildman–Crippen MR) is 92.7 cm³/mol. The van der Waals surface area contributed by atoms with E-state index < -0.39 is 0 Å². The molecule has 0 bridgehead atoms. The molecule has 0 spiro atoms. The standard InChI is InChI=1S/C16H16BrCl2NO/c1-3-20-16(12-5-4-6-13(18)15(12)19)11-8-7-10(17)9-14(11)21-2/h4-9,16,20H,3H2,1-2H3. The number of halogens is 3. The smallest absolute Gasteiger partial charge is 0.125 e. The third kappa shape index (κ3) is 3.72. The molecule has 0 saturated heterocycles. The molecule has 2 aromatic carbocycles. The van der Waals surface area contributed by atoms with Crippen LogP contribution in [0.2, 0.25) is 10.0 Å². The average Bonchev–Trinajstić information content (AvgIpc) is 2.48. The number of nitrogens with one attached hydrogen (secondary N) is 1. The summed E-state index contributed by atoms with van der Waals surface area (Å²) < 4.78 is 6.47. The Labute approximate surface area is 143 Å². The van der Waals surface area contributed by atoms with E-state index in [1.165, 1.54) is 0 Å². The molecular formula is C16H16BrCl2NO. The lowest BCUT2D eigenvalue weighted by Crippen LogP contribution is -2.23. The summed E-state index contributed by atoms with van der Waals surface area (Å²) >= 11 is 16.0. The first-order chi connectivity index (χ1) is 10.1.